The Bertz CT molecular complexity index is 1370. The van der Waals surface area contributed by atoms with E-state index < -0.39 is 17.0 Å². The highest BCUT2D eigenvalue weighted by Crippen LogP contribution is 2.37. The summed E-state index contributed by atoms with van der Waals surface area (Å²) >= 11 is 7.29. The van der Waals surface area contributed by atoms with Gasteiger partial charge in [-0.3, -0.25) is 14.2 Å². The van der Waals surface area contributed by atoms with Gasteiger partial charge in [0.1, 0.15) is 22.9 Å². The number of likely N-dealkylation sites (tertiary alicyclic amines) is 1. The number of alkyl halides is 1. The van der Waals surface area contributed by atoms with E-state index in [0.717, 1.165) is 12.8 Å². The summed E-state index contributed by atoms with van der Waals surface area (Å²) in [6.45, 7) is 1.22. The number of nitrogens with zero attached hydrogens (tertiary/aromatic N) is 3. The third kappa shape index (κ3) is 3.91. The number of amides is 1. The summed E-state index contributed by atoms with van der Waals surface area (Å²) in [6.07, 6.45) is 3.43. The smallest absolute Gasteiger partial charge is 0.263 e. The molecule has 5 nitrogen and oxygen atoms in total. The van der Waals surface area contributed by atoms with Crippen LogP contribution in [0.3, 0.4) is 0 Å². The summed E-state index contributed by atoms with van der Waals surface area (Å²) in [5.41, 5.74) is -0.695. The zero-order valence-electron chi connectivity index (χ0n) is 17.1. The molecule has 2 aromatic heterocycles. The third-order valence-electron chi connectivity index (χ3n) is 5.55. The summed E-state index contributed by atoms with van der Waals surface area (Å²) < 4.78 is 28.7. The van der Waals surface area contributed by atoms with E-state index in [-0.39, 0.29) is 30.6 Å². The zero-order valence-corrected chi connectivity index (χ0v) is 18.7. The zero-order chi connectivity index (χ0) is 22.6. The molecule has 0 unspecified atom stereocenters. The van der Waals surface area contributed by atoms with Gasteiger partial charge in [-0.25, -0.2) is 13.8 Å². The number of halogens is 3. The first-order valence-corrected chi connectivity index (χ1v) is 11.4. The van der Waals surface area contributed by atoms with E-state index in [0.29, 0.717) is 32.1 Å². The van der Waals surface area contributed by atoms with Crippen molar-refractivity contribution in [3.05, 3.63) is 50.6 Å². The van der Waals surface area contributed by atoms with Gasteiger partial charge in [0, 0.05) is 11.5 Å². The number of rotatable bonds is 3. The first-order chi connectivity index (χ1) is 15.2. The Labute approximate surface area is 191 Å². The van der Waals surface area contributed by atoms with Gasteiger partial charge in [0.25, 0.3) is 5.56 Å². The molecule has 0 bridgehead atoms. The molecule has 9 heteroatoms. The molecule has 2 aliphatic rings. The van der Waals surface area contributed by atoms with Crippen LogP contribution in [-0.4, -0.2) is 39.1 Å². The standard InChI is InChI=1S/C23H18ClF2N3O2S/c1-23(26)10-29(11-23)18(30)9-28-12-27-21-20(22(28)31)19(14-5-6-16(25)15(24)8-14)17(32-21)7-4-13-2-3-13/h5-6,8,12-13H,2-3,9-11H2,1H3. The minimum atomic E-state index is -1.39. The molecule has 0 atom stereocenters. The molecule has 2 fully saturated rings. The fourth-order valence-corrected chi connectivity index (χ4v) is 4.92. The van der Waals surface area contributed by atoms with Gasteiger partial charge in [-0.05, 0) is 37.5 Å². The molecule has 1 aromatic carbocycles. The predicted molar refractivity (Wildman–Crippen MR) is 120 cm³/mol. The Hall–Kier alpha value is -2.76. The fraction of sp³-hybridized carbons (Fsp3) is 0.348. The number of thiophene rings is 1. The summed E-state index contributed by atoms with van der Waals surface area (Å²) in [5.74, 6) is 5.80. The van der Waals surface area contributed by atoms with Crippen molar-refractivity contribution in [1.29, 1.82) is 0 Å². The van der Waals surface area contributed by atoms with Crippen molar-refractivity contribution in [3.8, 4) is 23.0 Å². The normalized spacial score (nSPS) is 17.1. The Kier molecular flexibility index (Phi) is 5.06. The molecule has 1 aliphatic heterocycles. The molecule has 1 saturated heterocycles. The van der Waals surface area contributed by atoms with Crippen LogP contribution in [-0.2, 0) is 11.3 Å². The van der Waals surface area contributed by atoms with Crippen LogP contribution in [0.25, 0.3) is 21.3 Å². The van der Waals surface area contributed by atoms with Crippen LogP contribution in [0.15, 0.2) is 29.3 Å². The molecule has 1 aliphatic carbocycles. The van der Waals surface area contributed by atoms with Crippen LogP contribution >= 0.6 is 22.9 Å². The van der Waals surface area contributed by atoms with E-state index >= 15 is 0 Å². The number of hydrogen-bond donors (Lipinski definition) is 0. The summed E-state index contributed by atoms with van der Waals surface area (Å²) in [5, 5.41) is 0.251. The largest absolute Gasteiger partial charge is 0.335 e. The van der Waals surface area contributed by atoms with Crippen LogP contribution < -0.4 is 5.56 Å². The lowest BCUT2D eigenvalue weighted by Crippen LogP contribution is -2.60. The second-order valence-corrected chi connectivity index (χ2v) is 9.91. The van der Waals surface area contributed by atoms with Gasteiger partial charge in [0.15, 0.2) is 0 Å². The first-order valence-electron chi connectivity index (χ1n) is 10.2. The lowest BCUT2D eigenvalue weighted by atomic mass is 9.99. The van der Waals surface area contributed by atoms with E-state index in [1.807, 2.05) is 0 Å². The molecule has 164 valence electrons. The van der Waals surface area contributed by atoms with Gasteiger partial charge in [-0.1, -0.05) is 29.5 Å². The highest BCUT2D eigenvalue weighted by molar-refractivity contribution is 7.19. The topological polar surface area (TPSA) is 55.2 Å². The highest BCUT2D eigenvalue weighted by atomic mass is 35.5. The van der Waals surface area contributed by atoms with Gasteiger partial charge in [0.2, 0.25) is 5.91 Å². The van der Waals surface area contributed by atoms with E-state index in [1.165, 1.54) is 46.2 Å². The number of hydrogen-bond acceptors (Lipinski definition) is 4. The molecule has 1 saturated carbocycles. The van der Waals surface area contributed by atoms with E-state index in [2.05, 4.69) is 16.8 Å². The minimum Gasteiger partial charge on any atom is -0.335 e. The maximum Gasteiger partial charge on any atom is 0.263 e. The van der Waals surface area contributed by atoms with Crippen molar-refractivity contribution in [2.75, 3.05) is 13.1 Å². The average molecular weight is 474 g/mol. The Morgan fingerprint density at radius 1 is 1.38 bits per heavy atom. The van der Waals surface area contributed by atoms with Gasteiger partial charge >= 0.3 is 0 Å². The van der Waals surface area contributed by atoms with Gasteiger partial charge < -0.3 is 4.90 Å². The Morgan fingerprint density at radius 3 is 2.78 bits per heavy atom. The van der Waals surface area contributed by atoms with Crippen molar-refractivity contribution in [2.45, 2.75) is 32.0 Å². The number of carbonyl (C=O) groups is 1. The SMILES string of the molecule is CC1(F)CN(C(=O)Cn2cnc3sc(C#CC4CC4)c(-c4ccc(F)c(Cl)c4)c3c2=O)C1. The van der Waals surface area contributed by atoms with E-state index in [1.54, 1.807) is 6.07 Å². The molecule has 5 rings (SSSR count). The Morgan fingerprint density at radius 2 is 2.12 bits per heavy atom. The number of benzene rings is 1. The van der Waals surface area contributed by atoms with E-state index in [4.69, 9.17) is 11.6 Å². The number of carbonyl (C=O) groups excluding carboxylic acids is 1. The molecule has 0 radical (unpaired) electrons. The van der Waals surface area contributed by atoms with Crippen molar-refractivity contribution in [3.63, 3.8) is 0 Å². The van der Waals surface area contributed by atoms with Crippen LogP contribution in [0.1, 0.15) is 24.6 Å². The quantitative estimate of drug-likeness (QED) is 0.534. The molecular formula is C23H18ClF2N3O2S. The van der Waals surface area contributed by atoms with E-state index in [9.17, 15) is 18.4 Å². The van der Waals surface area contributed by atoms with Crippen molar-refractivity contribution >= 4 is 39.1 Å². The van der Waals surface area contributed by atoms with Crippen LogP contribution in [0, 0.1) is 23.6 Å². The molecule has 0 N–H and O–H groups in total. The summed E-state index contributed by atoms with van der Waals surface area (Å²) in [7, 11) is 0. The lowest BCUT2D eigenvalue weighted by Gasteiger charge is -2.42. The fourth-order valence-electron chi connectivity index (χ4n) is 3.72. The number of aromatic nitrogens is 2. The van der Waals surface area contributed by atoms with Crippen molar-refractivity contribution < 1.29 is 13.6 Å². The number of fused-ring (bicyclic) bond motifs is 1. The monoisotopic (exact) mass is 473 g/mol. The highest BCUT2D eigenvalue weighted by Gasteiger charge is 2.41. The third-order valence-corrected chi connectivity index (χ3v) is 6.86. The molecule has 3 heterocycles. The first kappa shape index (κ1) is 21.1. The van der Waals surface area contributed by atoms with Gasteiger partial charge in [-0.15, -0.1) is 11.3 Å². The van der Waals surface area contributed by atoms with Crippen LogP contribution in [0.4, 0.5) is 8.78 Å². The second kappa shape index (κ2) is 7.68. The van der Waals surface area contributed by atoms with Gasteiger partial charge in [-0.2, -0.15) is 0 Å². The van der Waals surface area contributed by atoms with Crippen molar-refractivity contribution in [1.82, 2.24) is 14.5 Å². The molecular weight excluding hydrogens is 456 g/mol. The molecule has 3 aromatic rings. The van der Waals surface area contributed by atoms with Crippen molar-refractivity contribution in [2.24, 2.45) is 5.92 Å². The molecule has 32 heavy (non-hydrogen) atoms. The lowest BCUT2D eigenvalue weighted by molar-refractivity contribution is -0.144. The molecule has 0 spiro atoms. The van der Waals surface area contributed by atoms with Crippen LogP contribution in [0.2, 0.25) is 5.02 Å². The van der Waals surface area contributed by atoms with Crippen LogP contribution in [0.5, 0.6) is 0 Å². The average Bonchev–Trinajstić information content (AvgIpc) is 3.48. The summed E-state index contributed by atoms with van der Waals surface area (Å²) in [4.78, 5) is 32.7. The maximum absolute atomic E-state index is 13.8. The second-order valence-electron chi connectivity index (χ2n) is 8.50. The maximum atomic E-state index is 13.8. The Balaban J connectivity index is 1.60. The minimum absolute atomic E-state index is 0.00887. The predicted octanol–water partition coefficient (Wildman–Crippen LogP) is 4.25. The van der Waals surface area contributed by atoms with Gasteiger partial charge in [0.05, 0.1) is 34.7 Å². The summed E-state index contributed by atoms with van der Waals surface area (Å²) in [6, 6.07) is 4.26. The molecule has 1 amide bonds.